The van der Waals surface area contributed by atoms with E-state index in [2.05, 4.69) is 21.2 Å². The van der Waals surface area contributed by atoms with Crippen LogP contribution in [-0.4, -0.2) is 7.11 Å². The molecule has 0 heterocycles. The second kappa shape index (κ2) is 5.66. The zero-order valence-electron chi connectivity index (χ0n) is 8.88. The quantitative estimate of drug-likeness (QED) is 0.884. The van der Waals surface area contributed by atoms with Crippen molar-refractivity contribution in [1.29, 1.82) is 0 Å². The highest BCUT2D eigenvalue weighted by Gasteiger charge is 2.01. The molecule has 0 aliphatic carbocycles. The maximum absolute atomic E-state index is 5.69. The number of ether oxygens (including phenoxy) is 1. The van der Waals surface area contributed by atoms with Gasteiger partial charge in [-0.1, -0.05) is 22.9 Å². The van der Waals surface area contributed by atoms with Crippen LogP contribution in [-0.2, 0) is 0 Å². The molecule has 0 bridgehead atoms. The van der Waals surface area contributed by atoms with Crippen LogP contribution in [0.3, 0.4) is 0 Å². The molecule has 0 spiro atoms. The zero-order valence-corrected chi connectivity index (χ0v) is 10.5. The highest BCUT2D eigenvalue weighted by molar-refractivity contribution is 9.10. The SMILES string of the molecule is CCC(N)=CNc1ccc(Br)cc1OC. The predicted octanol–water partition coefficient (Wildman–Crippen LogP) is 3.08. The monoisotopic (exact) mass is 270 g/mol. The van der Waals surface area contributed by atoms with Crippen LogP contribution in [0.2, 0.25) is 0 Å². The second-order valence-corrected chi connectivity index (χ2v) is 3.98. The van der Waals surface area contributed by atoms with Crippen LogP contribution in [0.1, 0.15) is 13.3 Å². The third-order valence-corrected chi connectivity index (χ3v) is 2.48. The minimum atomic E-state index is 0.782. The van der Waals surface area contributed by atoms with Crippen molar-refractivity contribution in [2.45, 2.75) is 13.3 Å². The van der Waals surface area contributed by atoms with E-state index in [1.807, 2.05) is 25.1 Å². The fourth-order valence-electron chi connectivity index (χ4n) is 1.06. The van der Waals surface area contributed by atoms with Crippen LogP contribution in [0.4, 0.5) is 5.69 Å². The molecule has 0 amide bonds. The maximum Gasteiger partial charge on any atom is 0.143 e. The van der Waals surface area contributed by atoms with Gasteiger partial charge in [0.15, 0.2) is 0 Å². The summed E-state index contributed by atoms with van der Waals surface area (Å²) in [6, 6.07) is 5.78. The molecule has 15 heavy (non-hydrogen) atoms. The molecule has 82 valence electrons. The Bertz CT molecular complexity index is 364. The van der Waals surface area contributed by atoms with Gasteiger partial charge in [-0.05, 0) is 24.6 Å². The van der Waals surface area contributed by atoms with Crippen molar-refractivity contribution in [3.63, 3.8) is 0 Å². The number of rotatable bonds is 4. The zero-order chi connectivity index (χ0) is 11.3. The number of nitrogens with two attached hydrogens (primary N) is 1. The van der Waals surface area contributed by atoms with Gasteiger partial charge in [-0.2, -0.15) is 0 Å². The fourth-order valence-corrected chi connectivity index (χ4v) is 1.40. The van der Waals surface area contributed by atoms with Crippen LogP contribution in [0.15, 0.2) is 34.6 Å². The lowest BCUT2D eigenvalue weighted by molar-refractivity contribution is 0.416. The summed E-state index contributed by atoms with van der Waals surface area (Å²) in [4.78, 5) is 0. The first kappa shape index (κ1) is 11.9. The Morgan fingerprint density at radius 1 is 1.60 bits per heavy atom. The summed E-state index contributed by atoms with van der Waals surface area (Å²) in [7, 11) is 1.64. The van der Waals surface area contributed by atoms with Crippen LogP contribution in [0.5, 0.6) is 5.75 Å². The van der Waals surface area contributed by atoms with E-state index in [4.69, 9.17) is 10.5 Å². The molecule has 0 radical (unpaired) electrons. The van der Waals surface area contributed by atoms with Gasteiger partial charge in [0.1, 0.15) is 5.75 Å². The van der Waals surface area contributed by atoms with E-state index in [0.717, 1.165) is 28.0 Å². The molecular formula is C11H15BrN2O. The number of hydrogen-bond acceptors (Lipinski definition) is 3. The van der Waals surface area contributed by atoms with Crippen LogP contribution < -0.4 is 15.8 Å². The Morgan fingerprint density at radius 3 is 2.93 bits per heavy atom. The fraction of sp³-hybridized carbons (Fsp3) is 0.273. The molecule has 0 saturated carbocycles. The first-order valence-electron chi connectivity index (χ1n) is 4.72. The van der Waals surface area contributed by atoms with E-state index in [0.29, 0.717) is 0 Å². The molecule has 0 aliphatic heterocycles. The van der Waals surface area contributed by atoms with Crippen molar-refractivity contribution < 1.29 is 4.74 Å². The van der Waals surface area contributed by atoms with Gasteiger partial charge in [-0.25, -0.2) is 0 Å². The Labute approximate surface area is 98.4 Å². The maximum atomic E-state index is 5.69. The average Bonchev–Trinajstić information content (AvgIpc) is 2.26. The lowest BCUT2D eigenvalue weighted by Gasteiger charge is -2.09. The van der Waals surface area contributed by atoms with Gasteiger partial charge in [0, 0.05) is 16.4 Å². The van der Waals surface area contributed by atoms with E-state index in [1.54, 1.807) is 13.3 Å². The summed E-state index contributed by atoms with van der Waals surface area (Å²) in [5, 5.41) is 3.11. The molecule has 0 aromatic heterocycles. The average molecular weight is 271 g/mol. The number of allylic oxidation sites excluding steroid dienone is 1. The number of hydrogen-bond donors (Lipinski definition) is 2. The Hall–Kier alpha value is -1.16. The minimum absolute atomic E-state index is 0.782. The molecule has 0 atom stereocenters. The minimum Gasteiger partial charge on any atom is -0.495 e. The van der Waals surface area contributed by atoms with Gasteiger partial charge >= 0.3 is 0 Å². The van der Waals surface area contributed by atoms with Gasteiger partial charge in [-0.3, -0.25) is 0 Å². The van der Waals surface area contributed by atoms with Crippen LogP contribution in [0, 0.1) is 0 Å². The van der Waals surface area contributed by atoms with E-state index < -0.39 is 0 Å². The number of methoxy groups -OCH3 is 1. The Balaban J connectivity index is 2.85. The number of halogens is 1. The van der Waals surface area contributed by atoms with Crippen LogP contribution >= 0.6 is 15.9 Å². The van der Waals surface area contributed by atoms with Crippen LogP contribution in [0.25, 0.3) is 0 Å². The first-order chi connectivity index (χ1) is 7.17. The van der Waals surface area contributed by atoms with Crippen molar-refractivity contribution in [3.05, 3.63) is 34.6 Å². The third kappa shape index (κ3) is 3.47. The number of nitrogens with one attached hydrogen (secondary N) is 1. The second-order valence-electron chi connectivity index (χ2n) is 3.06. The molecule has 0 fully saturated rings. The topological polar surface area (TPSA) is 47.3 Å². The van der Waals surface area contributed by atoms with Crippen molar-refractivity contribution in [1.82, 2.24) is 0 Å². The molecule has 0 saturated heterocycles. The summed E-state index contributed by atoms with van der Waals surface area (Å²) < 4.78 is 6.21. The normalized spacial score (nSPS) is 11.3. The summed E-state index contributed by atoms with van der Waals surface area (Å²) in [6.07, 6.45) is 2.61. The number of benzene rings is 1. The van der Waals surface area contributed by atoms with Crippen molar-refractivity contribution >= 4 is 21.6 Å². The van der Waals surface area contributed by atoms with Gasteiger partial charge in [0.05, 0.1) is 12.8 Å². The summed E-state index contributed by atoms with van der Waals surface area (Å²) >= 11 is 3.38. The lowest BCUT2D eigenvalue weighted by atomic mass is 10.3. The molecule has 1 aromatic rings. The molecule has 0 unspecified atom stereocenters. The van der Waals surface area contributed by atoms with E-state index in [-0.39, 0.29) is 0 Å². The predicted molar refractivity (Wildman–Crippen MR) is 66.9 cm³/mol. The van der Waals surface area contributed by atoms with Gasteiger partial charge in [0.2, 0.25) is 0 Å². The van der Waals surface area contributed by atoms with E-state index in [1.165, 1.54) is 0 Å². The van der Waals surface area contributed by atoms with Crippen molar-refractivity contribution in [2.24, 2.45) is 5.73 Å². The standard InChI is InChI=1S/C11H15BrN2O/c1-3-9(13)7-14-10-5-4-8(12)6-11(10)15-2/h4-7,14H,3,13H2,1-2H3. The van der Waals surface area contributed by atoms with Gasteiger partial charge < -0.3 is 15.8 Å². The third-order valence-electron chi connectivity index (χ3n) is 1.98. The van der Waals surface area contributed by atoms with Gasteiger partial charge in [0.25, 0.3) is 0 Å². The van der Waals surface area contributed by atoms with Crippen molar-refractivity contribution in [3.8, 4) is 5.75 Å². The molecule has 4 heteroatoms. The highest BCUT2D eigenvalue weighted by Crippen LogP contribution is 2.27. The summed E-state index contributed by atoms with van der Waals surface area (Å²) in [5.74, 6) is 0.782. The summed E-state index contributed by atoms with van der Waals surface area (Å²) in [5.41, 5.74) is 7.40. The Morgan fingerprint density at radius 2 is 2.33 bits per heavy atom. The molecule has 3 N–H and O–H groups in total. The molecule has 1 rings (SSSR count). The number of anilines is 1. The van der Waals surface area contributed by atoms with E-state index >= 15 is 0 Å². The highest BCUT2D eigenvalue weighted by atomic mass is 79.9. The molecule has 0 aliphatic rings. The summed E-state index contributed by atoms with van der Waals surface area (Å²) in [6.45, 7) is 2.01. The molecule has 3 nitrogen and oxygen atoms in total. The Kier molecular flexibility index (Phi) is 4.49. The smallest absolute Gasteiger partial charge is 0.143 e. The van der Waals surface area contributed by atoms with Crippen molar-refractivity contribution in [2.75, 3.05) is 12.4 Å². The first-order valence-corrected chi connectivity index (χ1v) is 5.51. The lowest BCUT2D eigenvalue weighted by Crippen LogP contribution is -2.00. The molecular weight excluding hydrogens is 256 g/mol. The largest absolute Gasteiger partial charge is 0.495 e. The van der Waals surface area contributed by atoms with Gasteiger partial charge in [-0.15, -0.1) is 0 Å². The van der Waals surface area contributed by atoms with E-state index in [9.17, 15) is 0 Å². The molecule has 1 aromatic carbocycles.